The van der Waals surface area contributed by atoms with Crippen molar-refractivity contribution in [1.29, 1.82) is 0 Å². The van der Waals surface area contributed by atoms with E-state index in [0.29, 0.717) is 17.1 Å². The minimum absolute atomic E-state index is 0.0142. The first kappa shape index (κ1) is 15.7. The molecule has 1 aromatic carbocycles. The Morgan fingerprint density at radius 3 is 2.76 bits per heavy atom. The number of para-hydroxylation sites is 1. The summed E-state index contributed by atoms with van der Waals surface area (Å²) in [6, 6.07) is 9.17. The van der Waals surface area contributed by atoms with Crippen molar-refractivity contribution >= 4 is 33.2 Å². The fraction of sp³-hybridized carbons (Fsp3) is 0.214. The fourth-order valence-electron chi connectivity index (χ4n) is 1.66. The summed E-state index contributed by atoms with van der Waals surface area (Å²) in [5, 5.41) is 0. The van der Waals surface area contributed by atoms with Gasteiger partial charge in [0.25, 0.3) is 0 Å². The topological polar surface area (TPSA) is 85.1 Å². The Morgan fingerprint density at radius 1 is 1.29 bits per heavy atom. The van der Waals surface area contributed by atoms with Gasteiger partial charge in [0, 0.05) is 22.5 Å². The van der Waals surface area contributed by atoms with E-state index in [1.54, 1.807) is 18.3 Å². The first-order valence-corrected chi connectivity index (χ1v) is 9.00. The smallest absolute Gasteiger partial charge is 0.233 e. The van der Waals surface area contributed by atoms with Gasteiger partial charge in [0.15, 0.2) is 0 Å². The van der Waals surface area contributed by atoms with E-state index in [4.69, 9.17) is 5.73 Å². The molecule has 0 saturated carbocycles. The number of nitrogens with zero attached hydrogens (tertiary/aromatic N) is 1. The predicted molar refractivity (Wildman–Crippen MR) is 88.0 cm³/mol. The fourth-order valence-corrected chi connectivity index (χ4v) is 4.15. The molecule has 0 aliphatic carbocycles. The van der Waals surface area contributed by atoms with Gasteiger partial charge in [0.05, 0.1) is 17.6 Å². The Hall–Kier alpha value is -1.73. The van der Waals surface area contributed by atoms with Gasteiger partial charge in [-0.3, -0.25) is 9.71 Å². The Morgan fingerprint density at radius 2 is 2.05 bits per heavy atom. The van der Waals surface area contributed by atoms with Gasteiger partial charge in [0.2, 0.25) is 10.0 Å². The molecule has 5 nitrogen and oxygen atoms in total. The highest BCUT2D eigenvalue weighted by Gasteiger charge is 2.12. The van der Waals surface area contributed by atoms with Crippen molar-refractivity contribution in [3.63, 3.8) is 0 Å². The third kappa shape index (κ3) is 4.64. The number of benzene rings is 1. The number of nitrogens with two attached hydrogens (primary N) is 1. The highest BCUT2D eigenvalue weighted by Crippen LogP contribution is 2.24. The molecule has 0 fully saturated rings. The van der Waals surface area contributed by atoms with E-state index in [2.05, 4.69) is 9.71 Å². The average Bonchev–Trinajstić information content (AvgIpc) is 2.43. The van der Waals surface area contributed by atoms with E-state index >= 15 is 0 Å². The number of aromatic nitrogens is 1. The van der Waals surface area contributed by atoms with Crippen LogP contribution < -0.4 is 10.5 Å². The molecule has 2 rings (SSSR count). The maximum atomic E-state index is 12.0. The van der Waals surface area contributed by atoms with Gasteiger partial charge in [-0.1, -0.05) is 12.1 Å². The number of nitrogen functional groups attached to an aromatic ring is 1. The van der Waals surface area contributed by atoms with E-state index in [1.807, 2.05) is 25.1 Å². The lowest BCUT2D eigenvalue weighted by molar-refractivity contribution is 0.602. The number of nitrogens with one attached hydrogen (secondary N) is 1. The predicted octanol–water partition coefficient (Wildman–Crippen LogP) is 2.51. The van der Waals surface area contributed by atoms with Crippen molar-refractivity contribution in [2.45, 2.75) is 11.8 Å². The molecule has 1 aromatic heterocycles. The molecule has 0 amide bonds. The van der Waals surface area contributed by atoms with Crippen LogP contribution in [0.3, 0.4) is 0 Å². The molecule has 0 bridgehead atoms. The van der Waals surface area contributed by atoms with Crippen LogP contribution in [0.5, 0.6) is 0 Å². The molecule has 0 aliphatic rings. The van der Waals surface area contributed by atoms with Crippen molar-refractivity contribution in [3.05, 3.63) is 48.3 Å². The summed E-state index contributed by atoms with van der Waals surface area (Å²) in [6.07, 6.45) is 3.14. The molecular formula is C14H17N3O2S2. The Balaban J connectivity index is 1.93. The summed E-state index contributed by atoms with van der Waals surface area (Å²) in [7, 11) is -3.39. The Labute approximate surface area is 129 Å². The quantitative estimate of drug-likeness (QED) is 0.630. The van der Waals surface area contributed by atoms with Crippen LogP contribution in [0.4, 0.5) is 11.4 Å². The average molecular weight is 323 g/mol. The third-order valence-corrected chi connectivity index (χ3v) is 5.46. The Bertz CT molecular complexity index is 718. The highest BCUT2D eigenvalue weighted by atomic mass is 32.2. The number of hydrogen-bond donors (Lipinski definition) is 2. The normalized spacial score (nSPS) is 11.3. The van der Waals surface area contributed by atoms with Gasteiger partial charge in [0.1, 0.15) is 0 Å². The summed E-state index contributed by atoms with van der Waals surface area (Å²) in [6.45, 7) is 1.83. The minimum Gasteiger partial charge on any atom is -0.398 e. The van der Waals surface area contributed by atoms with Gasteiger partial charge in [-0.25, -0.2) is 8.42 Å². The van der Waals surface area contributed by atoms with E-state index in [1.165, 1.54) is 18.0 Å². The molecule has 0 saturated heterocycles. The molecule has 112 valence electrons. The first-order chi connectivity index (χ1) is 9.98. The molecule has 2 aromatic rings. The molecule has 1 heterocycles. The van der Waals surface area contributed by atoms with Crippen molar-refractivity contribution in [3.8, 4) is 0 Å². The second-order valence-electron chi connectivity index (χ2n) is 4.50. The van der Waals surface area contributed by atoms with Crippen LogP contribution in [0, 0.1) is 6.92 Å². The van der Waals surface area contributed by atoms with Crippen LogP contribution in [-0.2, 0) is 10.0 Å². The number of pyridine rings is 1. The number of thioether (sulfide) groups is 1. The van der Waals surface area contributed by atoms with Gasteiger partial charge in [-0.05, 0) is 30.7 Å². The van der Waals surface area contributed by atoms with Crippen LogP contribution in [-0.4, -0.2) is 24.9 Å². The first-order valence-electron chi connectivity index (χ1n) is 6.36. The number of anilines is 2. The molecule has 21 heavy (non-hydrogen) atoms. The number of aryl methyl sites for hydroxylation is 1. The van der Waals surface area contributed by atoms with Crippen LogP contribution in [0.1, 0.15) is 5.56 Å². The maximum absolute atomic E-state index is 12.0. The summed E-state index contributed by atoms with van der Waals surface area (Å²) < 4.78 is 26.6. The van der Waals surface area contributed by atoms with E-state index in [0.717, 1.165) is 10.5 Å². The van der Waals surface area contributed by atoms with E-state index in [-0.39, 0.29) is 5.75 Å². The van der Waals surface area contributed by atoms with Gasteiger partial charge in [-0.2, -0.15) is 0 Å². The van der Waals surface area contributed by atoms with Crippen molar-refractivity contribution in [1.82, 2.24) is 4.98 Å². The lowest BCUT2D eigenvalue weighted by Gasteiger charge is -2.10. The number of sulfonamides is 1. The summed E-state index contributed by atoms with van der Waals surface area (Å²) in [4.78, 5) is 4.81. The van der Waals surface area contributed by atoms with E-state index in [9.17, 15) is 8.42 Å². The van der Waals surface area contributed by atoms with Crippen LogP contribution >= 0.6 is 11.8 Å². The SMILES string of the molecule is Cc1ccncc1NS(=O)(=O)CCSc1ccccc1N. The van der Waals surface area contributed by atoms with Crippen LogP contribution in [0.25, 0.3) is 0 Å². The molecule has 0 aliphatic heterocycles. The number of rotatable bonds is 6. The standard InChI is InChI=1S/C14H17N3O2S2/c1-11-6-7-16-10-13(11)17-21(18,19)9-8-20-14-5-3-2-4-12(14)15/h2-7,10,17H,8-9,15H2,1H3. The van der Waals surface area contributed by atoms with Crippen molar-refractivity contribution in [2.24, 2.45) is 0 Å². The van der Waals surface area contributed by atoms with E-state index < -0.39 is 10.0 Å². The monoisotopic (exact) mass is 323 g/mol. The second-order valence-corrected chi connectivity index (χ2v) is 7.48. The van der Waals surface area contributed by atoms with Gasteiger partial charge >= 0.3 is 0 Å². The van der Waals surface area contributed by atoms with Crippen molar-refractivity contribution in [2.75, 3.05) is 22.0 Å². The van der Waals surface area contributed by atoms with Gasteiger partial charge in [-0.15, -0.1) is 11.8 Å². The zero-order valence-electron chi connectivity index (χ0n) is 11.6. The van der Waals surface area contributed by atoms with Crippen LogP contribution in [0.15, 0.2) is 47.6 Å². The zero-order valence-corrected chi connectivity index (χ0v) is 13.2. The highest BCUT2D eigenvalue weighted by molar-refractivity contribution is 8.01. The zero-order chi connectivity index (χ0) is 15.3. The van der Waals surface area contributed by atoms with Crippen LogP contribution in [0.2, 0.25) is 0 Å². The summed E-state index contributed by atoms with van der Waals surface area (Å²) >= 11 is 1.43. The minimum atomic E-state index is -3.39. The van der Waals surface area contributed by atoms with Crippen molar-refractivity contribution < 1.29 is 8.42 Å². The molecule has 0 spiro atoms. The summed E-state index contributed by atoms with van der Waals surface area (Å²) in [5.74, 6) is 0.448. The third-order valence-electron chi connectivity index (χ3n) is 2.83. The largest absolute Gasteiger partial charge is 0.398 e. The molecule has 7 heteroatoms. The second kappa shape index (κ2) is 6.82. The molecule has 3 N–H and O–H groups in total. The Kier molecular flexibility index (Phi) is 5.08. The van der Waals surface area contributed by atoms with Gasteiger partial charge < -0.3 is 5.73 Å². The number of hydrogen-bond acceptors (Lipinski definition) is 5. The molecule has 0 atom stereocenters. The maximum Gasteiger partial charge on any atom is 0.233 e. The lowest BCUT2D eigenvalue weighted by atomic mass is 10.3. The summed E-state index contributed by atoms with van der Waals surface area (Å²) in [5.41, 5.74) is 7.84. The molecule has 0 unspecified atom stereocenters. The molecular weight excluding hydrogens is 306 g/mol. The lowest BCUT2D eigenvalue weighted by Crippen LogP contribution is -2.18. The molecule has 0 radical (unpaired) electrons.